The molecule has 1 amide bonds. The van der Waals surface area contributed by atoms with E-state index in [9.17, 15) is 22.8 Å². The Labute approximate surface area is 167 Å². The summed E-state index contributed by atoms with van der Waals surface area (Å²) in [5.41, 5.74) is -1.19. The number of halogens is 3. The highest BCUT2D eigenvalue weighted by molar-refractivity contribution is 6.07. The first-order chi connectivity index (χ1) is 14.3. The third-order valence-corrected chi connectivity index (χ3v) is 4.61. The third kappa shape index (κ3) is 3.49. The minimum atomic E-state index is -4.80. The van der Waals surface area contributed by atoms with Crippen LogP contribution < -0.4 is 15.6 Å². The molecule has 0 aliphatic carbocycles. The molecule has 0 spiro atoms. The number of amides is 1. The molecule has 9 heteroatoms. The highest BCUT2D eigenvalue weighted by Gasteiger charge is 2.34. The molecule has 1 N–H and O–H groups in total. The van der Waals surface area contributed by atoms with Crippen LogP contribution in [0.25, 0.3) is 21.9 Å². The largest absolute Gasteiger partial charge is 0.495 e. The second kappa shape index (κ2) is 7.25. The van der Waals surface area contributed by atoms with Crippen molar-refractivity contribution in [3.63, 3.8) is 0 Å². The van der Waals surface area contributed by atoms with Crippen molar-refractivity contribution >= 4 is 33.5 Å². The van der Waals surface area contributed by atoms with Gasteiger partial charge >= 0.3 is 6.18 Å². The Hall–Kier alpha value is -3.75. The minimum absolute atomic E-state index is 0.272. The molecule has 2 heterocycles. The fourth-order valence-corrected chi connectivity index (χ4v) is 3.24. The van der Waals surface area contributed by atoms with Gasteiger partial charge in [0.25, 0.3) is 5.56 Å². The average molecular weight is 416 g/mol. The van der Waals surface area contributed by atoms with E-state index < -0.39 is 29.8 Å². The topological polar surface area (TPSA) is 73.5 Å². The summed E-state index contributed by atoms with van der Waals surface area (Å²) in [6.45, 7) is -0.593. The summed E-state index contributed by atoms with van der Waals surface area (Å²) in [4.78, 5) is 24.5. The number of rotatable bonds is 4. The molecular formula is C21H15F3N2O4. The highest BCUT2D eigenvalue weighted by atomic mass is 19.4. The summed E-state index contributed by atoms with van der Waals surface area (Å²) in [5.74, 6) is -0.344. The molecule has 0 radical (unpaired) electrons. The van der Waals surface area contributed by atoms with Crippen molar-refractivity contribution in [3.8, 4) is 5.75 Å². The van der Waals surface area contributed by atoms with Gasteiger partial charge in [0.15, 0.2) is 0 Å². The molecule has 0 aliphatic heterocycles. The van der Waals surface area contributed by atoms with E-state index in [2.05, 4.69) is 5.32 Å². The van der Waals surface area contributed by atoms with E-state index in [1.807, 2.05) is 18.2 Å². The van der Waals surface area contributed by atoms with Crippen LogP contribution in [-0.4, -0.2) is 17.6 Å². The predicted molar refractivity (Wildman–Crippen MR) is 105 cm³/mol. The molecule has 0 unspecified atom stereocenters. The van der Waals surface area contributed by atoms with Gasteiger partial charge in [0, 0.05) is 23.0 Å². The van der Waals surface area contributed by atoms with Crippen LogP contribution >= 0.6 is 0 Å². The summed E-state index contributed by atoms with van der Waals surface area (Å²) in [7, 11) is 1.43. The second-order valence-electron chi connectivity index (χ2n) is 6.55. The van der Waals surface area contributed by atoms with Crippen LogP contribution in [0.15, 0.2) is 63.9 Å². The summed E-state index contributed by atoms with van der Waals surface area (Å²) in [6, 6.07) is 12.4. The third-order valence-electron chi connectivity index (χ3n) is 4.61. The Balaban J connectivity index is 1.65. The number of methoxy groups -OCH3 is 1. The molecule has 4 aromatic rings. The second-order valence-corrected chi connectivity index (χ2v) is 6.55. The van der Waals surface area contributed by atoms with Crippen LogP contribution in [0.5, 0.6) is 5.75 Å². The number of anilines is 1. The van der Waals surface area contributed by atoms with Gasteiger partial charge in [-0.15, -0.1) is 0 Å². The predicted octanol–water partition coefficient (Wildman–Crippen LogP) is 4.41. The maximum absolute atomic E-state index is 12.9. The first-order valence-electron chi connectivity index (χ1n) is 8.83. The SMILES string of the molecule is COc1cc2c(cc1NC(=O)Cn1cccc(C(F)(F)F)c1=O)oc1ccccc12. The quantitative estimate of drug-likeness (QED) is 0.535. The summed E-state index contributed by atoms with van der Waals surface area (Å²) >= 11 is 0. The van der Waals surface area contributed by atoms with Crippen LogP contribution in [0.2, 0.25) is 0 Å². The number of aromatic nitrogens is 1. The number of pyridine rings is 1. The van der Waals surface area contributed by atoms with E-state index in [1.165, 1.54) is 7.11 Å². The summed E-state index contributed by atoms with van der Waals surface area (Å²) in [5, 5.41) is 4.23. The number of hydrogen-bond donors (Lipinski definition) is 1. The zero-order chi connectivity index (χ0) is 21.5. The van der Waals surface area contributed by atoms with Gasteiger partial charge < -0.3 is 19.0 Å². The molecule has 6 nitrogen and oxygen atoms in total. The van der Waals surface area contributed by atoms with Crippen LogP contribution in [-0.2, 0) is 17.5 Å². The Morgan fingerprint density at radius 2 is 1.87 bits per heavy atom. The average Bonchev–Trinajstić information content (AvgIpc) is 3.05. The number of hydrogen-bond acceptors (Lipinski definition) is 4. The van der Waals surface area contributed by atoms with Gasteiger partial charge in [0.05, 0.1) is 12.8 Å². The van der Waals surface area contributed by atoms with E-state index in [0.29, 0.717) is 27.5 Å². The molecule has 30 heavy (non-hydrogen) atoms. The van der Waals surface area contributed by atoms with Gasteiger partial charge in [-0.2, -0.15) is 13.2 Å². The van der Waals surface area contributed by atoms with Gasteiger partial charge in [-0.05, 0) is 24.3 Å². The monoisotopic (exact) mass is 416 g/mol. The lowest BCUT2D eigenvalue weighted by Crippen LogP contribution is -2.32. The molecule has 4 rings (SSSR count). The number of para-hydroxylation sites is 1. The van der Waals surface area contributed by atoms with Crippen LogP contribution in [0, 0.1) is 0 Å². The van der Waals surface area contributed by atoms with Crippen molar-refractivity contribution < 1.29 is 27.1 Å². The van der Waals surface area contributed by atoms with Crippen molar-refractivity contribution in [1.29, 1.82) is 0 Å². The van der Waals surface area contributed by atoms with Gasteiger partial charge in [0.1, 0.15) is 29.0 Å². The van der Waals surface area contributed by atoms with E-state index in [4.69, 9.17) is 9.15 Å². The van der Waals surface area contributed by atoms with Gasteiger partial charge in [-0.25, -0.2) is 0 Å². The Morgan fingerprint density at radius 1 is 1.10 bits per heavy atom. The molecule has 154 valence electrons. The van der Waals surface area contributed by atoms with E-state index in [1.54, 1.807) is 18.2 Å². The highest BCUT2D eigenvalue weighted by Crippen LogP contribution is 2.36. The fraction of sp³-hybridized carbons (Fsp3) is 0.143. The maximum Gasteiger partial charge on any atom is 0.421 e. The van der Waals surface area contributed by atoms with Crippen molar-refractivity contribution in [1.82, 2.24) is 4.57 Å². The lowest BCUT2D eigenvalue weighted by molar-refractivity contribution is -0.139. The number of nitrogens with zero attached hydrogens (tertiary/aromatic N) is 1. The summed E-state index contributed by atoms with van der Waals surface area (Å²) in [6.07, 6.45) is -3.68. The van der Waals surface area contributed by atoms with Crippen molar-refractivity contribution in [2.75, 3.05) is 12.4 Å². The summed E-state index contributed by atoms with van der Waals surface area (Å²) < 4.78 is 50.5. The van der Waals surface area contributed by atoms with Crippen LogP contribution in [0.3, 0.4) is 0 Å². The van der Waals surface area contributed by atoms with Crippen molar-refractivity contribution in [3.05, 3.63) is 70.6 Å². The Bertz CT molecular complexity index is 1320. The molecule has 0 aliphatic rings. The lowest BCUT2D eigenvalue weighted by Gasteiger charge is -2.12. The van der Waals surface area contributed by atoms with Crippen molar-refractivity contribution in [2.24, 2.45) is 0 Å². The molecule has 2 aromatic heterocycles. The number of furan rings is 1. The number of carbonyl (C=O) groups excluding carboxylic acids is 1. The van der Waals surface area contributed by atoms with Gasteiger partial charge in [-0.1, -0.05) is 18.2 Å². The number of ether oxygens (including phenoxy) is 1. The molecular weight excluding hydrogens is 401 g/mol. The molecule has 2 aromatic carbocycles. The van der Waals surface area contributed by atoms with E-state index in [-0.39, 0.29) is 5.69 Å². The number of fused-ring (bicyclic) bond motifs is 3. The molecule has 0 fully saturated rings. The molecule has 0 saturated heterocycles. The molecule has 0 bridgehead atoms. The molecule has 0 saturated carbocycles. The molecule has 0 atom stereocenters. The van der Waals surface area contributed by atoms with Crippen molar-refractivity contribution in [2.45, 2.75) is 12.7 Å². The van der Waals surface area contributed by atoms with Gasteiger partial charge in [0.2, 0.25) is 5.91 Å². The minimum Gasteiger partial charge on any atom is -0.495 e. The number of nitrogens with one attached hydrogen (secondary N) is 1. The first-order valence-corrected chi connectivity index (χ1v) is 8.83. The number of carbonyl (C=O) groups is 1. The smallest absolute Gasteiger partial charge is 0.421 e. The fourth-order valence-electron chi connectivity index (χ4n) is 3.24. The Morgan fingerprint density at radius 3 is 2.60 bits per heavy atom. The zero-order valence-electron chi connectivity index (χ0n) is 15.6. The number of alkyl halides is 3. The zero-order valence-corrected chi connectivity index (χ0v) is 15.6. The first kappa shape index (κ1) is 19.6. The van der Waals surface area contributed by atoms with E-state index in [0.717, 1.165) is 23.0 Å². The van der Waals surface area contributed by atoms with E-state index >= 15 is 0 Å². The standard InChI is InChI=1S/C21H15F3N2O4/c1-29-18-9-13-12-5-2-3-7-16(12)30-17(13)10-15(18)25-19(27)11-26-8-4-6-14(20(26)28)21(22,23)24/h2-10H,11H2,1H3,(H,25,27). The normalized spacial score (nSPS) is 11.7. The number of benzene rings is 2. The lowest BCUT2D eigenvalue weighted by atomic mass is 10.1. The van der Waals surface area contributed by atoms with Crippen LogP contribution in [0.4, 0.5) is 18.9 Å². The Kier molecular flexibility index (Phi) is 4.73. The maximum atomic E-state index is 12.9. The van der Waals surface area contributed by atoms with Gasteiger partial charge in [-0.3, -0.25) is 9.59 Å². The van der Waals surface area contributed by atoms with Crippen LogP contribution in [0.1, 0.15) is 5.56 Å².